The van der Waals surface area contributed by atoms with Crippen molar-refractivity contribution in [2.45, 2.75) is 25.4 Å². The van der Waals surface area contributed by atoms with E-state index in [0.717, 1.165) is 18.0 Å². The van der Waals surface area contributed by atoms with Gasteiger partial charge in [0.1, 0.15) is 5.58 Å². The van der Waals surface area contributed by atoms with E-state index in [9.17, 15) is 4.79 Å². The molecule has 1 fully saturated rings. The summed E-state index contributed by atoms with van der Waals surface area (Å²) in [6, 6.07) is 8.15. The number of hydrogen-bond donors (Lipinski definition) is 1. The fourth-order valence-corrected chi connectivity index (χ4v) is 2.23. The van der Waals surface area contributed by atoms with Crippen molar-refractivity contribution < 1.29 is 14.3 Å². The molecule has 1 aromatic carbocycles. The summed E-state index contributed by atoms with van der Waals surface area (Å²) in [6.07, 6.45) is 2.57. The third-order valence-electron chi connectivity index (χ3n) is 3.39. The Balaban J connectivity index is 1.87. The largest absolute Gasteiger partial charge is 0.475 e. The number of nitrogens with zero attached hydrogens (tertiary/aromatic N) is 1. The van der Waals surface area contributed by atoms with Crippen LogP contribution in [0.15, 0.2) is 28.7 Å². The topological polar surface area (TPSA) is 53.7 Å². The summed E-state index contributed by atoms with van der Waals surface area (Å²) in [6.45, 7) is 0.897. The minimum atomic E-state index is -1.03. The highest BCUT2D eigenvalue weighted by Gasteiger charge is 2.25. The molecule has 0 spiro atoms. The highest BCUT2D eigenvalue weighted by atomic mass is 16.4. The van der Waals surface area contributed by atoms with Gasteiger partial charge in [0.2, 0.25) is 5.76 Å². The lowest BCUT2D eigenvalue weighted by Crippen LogP contribution is -2.19. The van der Waals surface area contributed by atoms with Crippen molar-refractivity contribution in [1.29, 1.82) is 0 Å². The zero-order valence-electron chi connectivity index (χ0n) is 10.2. The van der Waals surface area contributed by atoms with E-state index in [1.165, 1.54) is 18.4 Å². The van der Waals surface area contributed by atoms with Gasteiger partial charge in [-0.2, -0.15) is 0 Å². The molecule has 1 saturated carbocycles. The monoisotopic (exact) mass is 245 g/mol. The highest BCUT2D eigenvalue weighted by molar-refractivity contribution is 5.91. The molecule has 0 bridgehead atoms. The number of carboxylic acid groups (broad SMARTS) is 1. The number of carbonyl (C=O) groups is 1. The van der Waals surface area contributed by atoms with Crippen LogP contribution in [0.4, 0.5) is 0 Å². The maximum Gasteiger partial charge on any atom is 0.371 e. The van der Waals surface area contributed by atoms with Gasteiger partial charge in [-0.05, 0) is 43.7 Å². The molecule has 4 heteroatoms. The smallest absolute Gasteiger partial charge is 0.371 e. The summed E-state index contributed by atoms with van der Waals surface area (Å²) in [5.74, 6) is -1.03. The number of furan rings is 1. The lowest BCUT2D eigenvalue weighted by molar-refractivity contribution is 0.0665. The second-order valence-corrected chi connectivity index (χ2v) is 4.93. The minimum absolute atomic E-state index is 0.00213. The van der Waals surface area contributed by atoms with Crippen molar-refractivity contribution in [2.75, 3.05) is 7.05 Å². The molecular formula is C14H15NO3. The van der Waals surface area contributed by atoms with E-state index in [1.807, 2.05) is 18.2 Å². The van der Waals surface area contributed by atoms with Gasteiger partial charge in [-0.25, -0.2) is 4.79 Å². The summed E-state index contributed by atoms with van der Waals surface area (Å²) < 4.78 is 5.24. The third kappa shape index (κ3) is 2.11. The SMILES string of the molecule is CN(Cc1ccc2oc(C(=O)O)cc2c1)C1CC1. The number of fused-ring (bicyclic) bond motifs is 1. The third-order valence-corrected chi connectivity index (χ3v) is 3.39. The second-order valence-electron chi connectivity index (χ2n) is 4.93. The molecule has 3 rings (SSSR count). The number of hydrogen-bond acceptors (Lipinski definition) is 3. The Morgan fingerprint density at radius 1 is 1.44 bits per heavy atom. The van der Waals surface area contributed by atoms with Gasteiger partial charge in [0, 0.05) is 18.0 Å². The normalized spacial score (nSPS) is 15.4. The van der Waals surface area contributed by atoms with Crippen molar-refractivity contribution in [2.24, 2.45) is 0 Å². The van der Waals surface area contributed by atoms with Gasteiger partial charge >= 0.3 is 5.97 Å². The van der Waals surface area contributed by atoms with Gasteiger partial charge < -0.3 is 9.52 Å². The van der Waals surface area contributed by atoms with Crippen molar-refractivity contribution in [3.63, 3.8) is 0 Å². The van der Waals surface area contributed by atoms with Crippen LogP contribution >= 0.6 is 0 Å². The minimum Gasteiger partial charge on any atom is -0.475 e. The first-order chi connectivity index (χ1) is 8.63. The first kappa shape index (κ1) is 11.3. The maximum atomic E-state index is 10.8. The fourth-order valence-electron chi connectivity index (χ4n) is 2.23. The Bertz CT molecular complexity index is 598. The molecule has 1 aliphatic carbocycles. The summed E-state index contributed by atoms with van der Waals surface area (Å²) >= 11 is 0. The molecule has 0 radical (unpaired) electrons. The zero-order chi connectivity index (χ0) is 12.7. The molecule has 2 aromatic rings. The van der Waals surface area contributed by atoms with E-state index in [0.29, 0.717) is 5.58 Å². The van der Waals surface area contributed by atoms with Crippen molar-refractivity contribution in [1.82, 2.24) is 4.90 Å². The maximum absolute atomic E-state index is 10.8. The molecule has 1 aliphatic rings. The van der Waals surface area contributed by atoms with E-state index in [1.54, 1.807) is 6.07 Å². The van der Waals surface area contributed by atoms with Crippen LogP contribution in [0.25, 0.3) is 11.0 Å². The molecule has 94 valence electrons. The van der Waals surface area contributed by atoms with E-state index < -0.39 is 5.97 Å². The summed E-state index contributed by atoms with van der Waals surface area (Å²) in [4.78, 5) is 13.2. The van der Waals surface area contributed by atoms with Gasteiger partial charge in [0.25, 0.3) is 0 Å². The molecule has 1 N–H and O–H groups in total. The van der Waals surface area contributed by atoms with Crippen LogP contribution in [0, 0.1) is 0 Å². The van der Waals surface area contributed by atoms with Crippen LogP contribution in [-0.2, 0) is 6.54 Å². The molecule has 4 nitrogen and oxygen atoms in total. The number of rotatable bonds is 4. The highest BCUT2D eigenvalue weighted by Crippen LogP contribution is 2.27. The Kier molecular flexibility index (Phi) is 2.59. The average Bonchev–Trinajstić information content (AvgIpc) is 3.09. The van der Waals surface area contributed by atoms with Gasteiger partial charge in [-0.1, -0.05) is 6.07 Å². The van der Waals surface area contributed by atoms with Crippen molar-refractivity contribution in [3.05, 3.63) is 35.6 Å². The standard InChI is InChI=1S/C14H15NO3/c1-15(11-3-4-11)8-9-2-5-12-10(6-9)7-13(18-12)14(16)17/h2,5-7,11H,3-4,8H2,1H3,(H,16,17). The molecule has 0 aliphatic heterocycles. The van der Waals surface area contributed by atoms with Gasteiger partial charge in [-0.3, -0.25) is 4.90 Å². The summed E-state index contributed by atoms with van der Waals surface area (Å²) in [5.41, 5.74) is 1.82. The zero-order valence-corrected chi connectivity index (χ0v) is 10.2. The van der Waals surface area contributed by atoms with E-state index in [-0.39, 0.29) is 5.76 Å². The lowest BCUT2D eigenvalue weighted by atomic mass is 10.1. The van der Waals surface area contributed by atoms with Crippen LogP contribution in [0.2, 0.25) is 0 Å². The van der Waals surface area contributed by atoms with Gasteiger partial charge in [0.05, 0.1) is 0 Å². The van der Waals surface area contributed by atoms with Crippen LogP contribution < -0.4 is 0 Å². The van der Waals surface area contributed by atoms with Crippen LogP contribution in [0.3, 0.4) is 0 Å². The lowest BCUT2D eigenvalue weighted by Gasteiger charge is -2.15. The van der Waals surface area contributed by atoms with Crippen LogP contribution in [0.5, 0.6) is 0 Å². The molecule has 1 aromatic heterocycles. The molecule has 1 heterocycles. The molecular weight excluding hydrogens is 230 g/mol. The van der Waals surface area contributed by atoms with Gasteiger partial charge in [-0.15, -0.1) is 0 Å². The number of benzene rings is 1. The van der Waals surface area contributed by atoms with Crippen molar-refractivity contribution in [3.8, 4) is 0 Å². The van der Waals surface area contributed by atoms with Crippen molar-refractivity contribution >= 4 is 16.9 Å². The van der Waals surface area contributed by atoms with Crippen LogP contribution in [-0.4, -0.2) is 29.1 Å². The van der Waals surface area contributed by atoms with E-state index in [2.05, 4.69) is 11.9 Å². The van der Waals surface area contributed by atoms with E-state index in [4.69, 9.17) is 9.52 Å². The van der Waals surface area contributed by atoms with Gasteiger partial charge in [0.15, 0.2) is 0 Å². The average molecular weight is 245 g/mol. The molecule has 18 heavy (non-hydrogen) atoms. The Morgan fingerprint density at radius 3 is 2.89 bits per heavy atom. The molecule has 0 saturated heterocycles. The van der Waals surface area contributed by atoms with Crippen LogP contribution in [0.1, 0.15) is 29.0 Å². The molecule has 0 unspecified atom stereocenters. The number of aromatic carboxylic acids is 1. The Hall–Kier alpha value is -1.81. The first-order valence-corrected chi connectivity index (χ1v) is 6.09. The predicted octanol–water partition coefficient (Wildman–Crippen LogP) is 2.73. The Morgan fingerprint density at radius 2 is 2.22 bits per heavy atom. The summed E-state index contributed by atoms with van der Waals surface area (Å²) in [5, 5.41) is 9.74. The number of carboxylic acids is 1. The fraction of sp³-hybridized carbons (Fsp3) is 0.357. The predicted molar refractivity (Wildman–Crippen MR) is 67.7 cm³/mol. The Labute approximate surface area is 105 Å². The van der Waals surface area contributed by atoms with E-state index >= 15 is 0 Å². The second kappa shape index (κ2) is 4.14. The summed E-state index contributed by atoms with van der Waals surface area (Å²) in [7, 11) is 2.12. The molecule has 0 amide bonds. The molecule has 0 atom stereocenters. The quantitative estimate of drug-likeness (QED) is 0.899. The first-order valence-electron chi connectivity index (χ1n) is 6.09.